The predicted molar refractivity (Wildman–Crippen MR) is 126 cm³/mol. The fraction of sp³-hybridized carbons (Fsp3) is 0.261. The number of ether oxygens (including phenoxy) is 1. The van der Waals surface area contributed by atoms with E-state index in [1.54, 1.807) is 0 Å². The lowest BCUT2D eigenvalue weighted by Gasteiger charge is -2.12. The molecule has 1 aliphatic heterocycles. The monoisotopic (exact) mass is 467 g/mol. The van der Waals surface area contributed by atoms with Gasteiger partial charge in [-0.1, -0.05) is 41.6 Å². The molecule has 0 saturated carbocycles. The van der Waals surface area contributed by atoms with E-state index in [-0.39, 0.29) is 17.8 Å². The lowest BCUT2D eigenvalue weighted by Crippen LogP contribution is -2.32. The van der Waals surface area contributed by atoms with Crippen LogP contribution in [0.5, 0.6) is 0 Å². The van der Waals surface area contributed by atoms with Crippen molar-refractivity contribution in [2.24, 2.45) is 0 Å². The van der Waals surface area contributed by atoms with Gasteiger partial charge in [-0.15, -0.1) is 10.2 Å². The van der Waals surface area contributed by atoms with Crippen LogP contribution in [-0.2, 0) is 9.53 Å². The summed E-state index contributed by atoms with van der Waals surface area (Å²) < 4.78 is 7.53. The van der Waals surface area contributed by atoms with Crippen LogP contribution < -0.4 is 5.32 Å². The number of hydrogen-bond acceptors (Lipinski definition) is 5. The van der Waals surface area contributed by atoms with Crippen molar-refractivity contribution in [3.05, 3.63) is 59.8 Å². The van der Waals surface area contributed by atoms with Crippen molar-refractivity contribution in [1.82, 2.24) is 25.1 Å². The molecule has 2 aromatic carbocycles. The summed E-state index contributed by atoms with van der Waals surface area (Å²) >= 11 is 7.46. The van der Waals surface area contributed by atoms with Gasteiger partial charge in [-0.2, -0.15) is 0 Å². The fourth-order valence-electron chi connectivity index (χ4n) is 3.83. The number of thioether (sulfide) groups is 1. The van der Waals surface area contributed by atoms with Gasteiger partial charge in [0.25, 0.3) is 0 Å². The van der Waals surface area contributed by atoms with Crippen LogP contribution >= 0.6 is 23.4 Å². The summed E-state index contributed by atoms with van der Waals surface area (Å²) in [7, 11) is 0. The maximum absolute atomic E-state index is 12.4. The molecular formula is C23H22ClN5O2S. The van der Waals surface area contributed by atoms with E-state index in [0.717, 1.165) is 41.6 Å². The molecule has 1 fully saturated rings. The molecule has 1 atom stereocenters. The zero-order chi connectivity index (χ0) is 21.9. The van der Waals surface area contributed by atoms with Crippen molar-refractivity contribution >= 4 is 40.2 Å². The predicted octanol–water partition coefficient (Wildman–Crippen LogP) is 4.46. The molecule has 0 radical (unpaired) electrons. The first-order valence-electron chi connectivity index (χ1n) is 10.5. The molecule has 1 aliphatic rings. The van der Waals surface area contributed by atoms with Gasteiger partial charge in [-0.05, 0) is 43.2 Å². The molecule has 1 unspecified atom stereocenters. The number of halogens is 1. The van der Waals surface area contributed by atoms with Crippen LogP contribution in [-0.4, -0.2) is 50.7 Å². The lowest BCUT2D eigenvalue weighted by atomic mass is 10.1. The van der Waals surface area contributed by atoms with Gasteiger partial charge in [0.1, 0.15) is 0 Å². The van der Waals surface area contributed by atoms with Crippen LogP contribution in [0.4, 0.5) is 0 Å². The molecule has 1 saturated heterocycles. The fourth-order valence-corrected chi connectivity index (χ4v) is 4.74. The SMILES string of the molecule is O=C(CSc1nnc(-c2c[nH]c3ccccc23)n1-c1ccc(Cl)cc1)NCC1CCCO1. The van der Waals surface area contributed by atoms with Gasteiger partial charge in [-0.3, -0.25) is 9.36 Å². The quantitative estimate of drug-likeness (QED) is 0.392. The number of H-pyrrole nitrogens is 1. The third kappa shape index (κ3) is 4.39. The van der Waals surface area contributed by atoms with Gasteiger partial charge in [0.15, 0.2) is 11.0 Å². The summed E-state index contributed by atoms with van der Waals surface area (Å²) in [6.45, 7) is 1.32. The highest BCUT2D eigenvalue weighted by Gasteiger charge is 2.20. The number of rotatable bonds is 7. The van der Waals surface area contributed by atoms with E-state index in [1.807, 2.05) is 59.3 Å². The second-order valence-corrected chi connectivity index (χ2v) is 8.97. The van der Waals surface area contributed by atoms with Gasteiger partial charge in [0.05, 0.1) is 11.9 Å². The van der Waals surface area contributed by atoms with Crippen LogP contribution in [0.15, 0.2) is 59.9 Å². The molecule has 9 heteroatoms. The Balaban J connectivity index is 1.42. The molecule has 2 N–H and O–H groups in total. The van der Waals surface area contributed by atoms with Gasteiger partial charge < -0.3 is 15.0 Å². The van der Waals surface area contributed by atoms with Crippen LogP contribution in [0.2, 0.25) is 5.02 Å². The number of carbonyl (C=O) groups is 1. The standard InChI is InChI=1S/C23H22ClN5O2S/c24-15-7-9-16(10-8-15)29-22(19-13-25-20-6-2-1-5-18(19)20)27-28-23(29)32-14-21(30)26-12-17-4-3-11-31-17/h1-2,5-10,13,17,25H,3-4,11-12,14H2,(H,26,30). The molecule has 2 aromatic heterocycles. The van der Waals surface area contributed by atoms with E-state index in [9.17, 15) is 4.79 Å². The molecule has 1 amide bonds. The van der Waals surface area contributed by atoms with Gasteiger partial charge >= 0.3 is 0 Å². The summed E-state index contributed by atoms with van der Waals surface area (Å²) in [5, 5.41) is 14.2. The number of para-hydroxylation sites is 1. The number of aromatic amines is 1. The minimum Gasteiger partial charge on any atom is -0.376 e. The van der Waals surface area contributed by atoms with E-state index in [1.165, 1.54) is 11.8 Å². The first-order valence-corrected chi connectivity index (χ1v) is 11.8. The van der Waals surface area contributed by atoms with Crippen LogP contribution in [0, 0.1) is 0 Å². The van der Waals surface area contributed by atoms with Crippen LogP contribution in [0.1, 0.15) is 12.8 Å². The van der Waals surface area contributed by atoms with E-state index in [0.29, 0.717) is 22.5 Å². The highest BCUT2D eigenvalue weighted by molar-refractivity contribution is 7.99. The third-order valence-electron chi connectivity index (χ3n) is 5.43. The number of benzene rings is 2. The molecule has 5 rings (SSSR count). The van der Waals surface area contributed by atoms with Crippen molar-refractivity contribution in [3.8, 4) is 17.1 Å². The largest absolute Gasteiger partial charge is 0.376 e. The Kier molecular flexibility index (Phi) is 6.16. The summed E-state index contributed by atoms with van der Waals surface area (Å²) in [6.07, 6.45) is 4.10. The highest BCUT2D eigenvalue weighted by atomic mass is 35.5. The van der Waals surface area contributed by atoms with Crippen molar-refractivity contribution in [2.75, 3.05) is 18.9 Å². The number of hydrogen-bond donors (Lipinski definition) is 2. The van der Waals surface area contributed by atoms with Gasteiger partial charge in [-0.25, -0.2) is 0 Å². The maximum Gasteiger partial charge on any atom is 0.230 e. The second kappa shape index (κ2) is 9.36. The molecule has 7 nitrogen and oxygen atoms in total. The number of nitrogens with zero attached hydrogens (tertiary/aromatic N) is 3. The highest BCUT2D eigenvalue weighted by Crippen LogP contribution is 2.32. The Bertz CT molecular complexity index is 1230. The minimum absolute atomic E-state index is 0.0511. The Hall–Kier alpha value is -2.81. The Morgan fingerprint density at radius 1 is 1.22 bits per heavy atom. The summed E-state index contributed by atoms with van der Waals surface area (Å²) in [5.74, 6) is 0.892. The number of aromatic nitrogens is 4. The summed E-state index contributed by atoms with van der Waals surface area (Å²) in [4.78, 5) is 15.7. The number of nitrogens with one attached hydrogen (secondary N) is 2. The molecule has 4 aromatic rings. The average molecular weight is 468 g/mol. The normalized spacial score (nSPS) is 16.0. The number of fused-ring (bicyclic) bond motifs is 1. The lowest BCUT2D eigenvalue weighted by molar-refractivity contribution is -0.119. The average Bonchev–Trinajstić information content (AvgIpc) is 3.56. The van der Waals surface area contributed by atoms with E-state index in [2.05, 4.69) is 20.5 Å². The maximum atomic E-state index is 12.4. The molecule has 0 bridgehead atoms. The van der Waals surface area contributed by atoms with Crippen molar-refractivity contribution in [1.29, 1.82) is 0 Å². The molecule has 164 valence electrons. The van der Waals surface area contributed by atoms with E-state index < -0.39 is 0 Å². The summed E-state index contributed by atoms with van der Waals surface area (Å²) in [5.41, 5.74) is 2.84. The molecule has 32 heavy (non-hydrogen) atoms. The van der Waals surface area contributed by atoms with Crippen molar-refractivity contribution in [2.45, 2.75) is 24.1 Å². The number of carbonyl (C=O) groups excluding carboxylic acids is 1. The van der Waals surface area contributed by atoms with Crippen LogP contribution in [0.25, 0.3) is 28.0 Å². The first kappa shape index (κ1) is 21.1. The second-order valence-electron chi connectivity index (χ2n) is 7.59. The molecular weight excluding hydrogens is 446 g/mol. The van der Waals surface area contributed by atoms with Gasteiger partial charge in [0.2, 0.25) is 5.91 Å². The smallest absolute Gasteiger partial charge is 0.230 e. The minimum atomic E-state index is -0.0511. The topological polar surface area (TPSA) is 84.8 Å². The van der Waals surface area contributed by atoms with Crippen molar-refractivity contribution in [3.63, 3.8) is 0 Å². The molecule has 3 heterocycles. The third-order valence-corrected chi connectivity index (χ3v) is 6.61. The Morgan fingerprint density at radius 3 is 2.88 bits per heavy atom. The van der Waals surface area contributed by atoms with Crippen LogP contribution in [0.3, 0.4) is 0 Å². The van der Waals surface area contributed by atoms with E-state index >= 15 is 0 Å². The Labute approximate surface area is 194 Å². The van der Waals surface area contributed by atoms with Crippen molar-refractivity contribution < 1.29 is 9.53 Å². The zero-order valence-corrected chi connectivity index (χ0v) is 18.8. The van der Waals surface area contributed by atoms with Gasteiger partial charge in [0, 0.05) is 46.5 Å². The summed E-state index contributed by atoms with van der Waals surface area (Å²) in [6, 6.07) is 15.6. The first-order chi connectivity index (χ1) is 15.7. The molecule has 0 spiro atoms. The van der Waals surface area contributed by atoms with E-state index in [4.69, 9.17) is 16.3 Å². The number of amides is 1. The molecule has 0 aliphatic carbocycles. The Morgan fingerprint density at radius 2 is 2.06 bits per heavy atom. The zero-order valence-electron chi connectivity index (χ0n) is 17.3.